The van der Waals surface area contributed by atoms with E-state index in [1.165, 1.54) is 31.4 Å². The number of nitrogens with zero attached hydrogens (tertiary/aromatic N) is 2. The molecule has 2 aliphatic heterocycles. The highest BCUT2D eigenvalue weighted by molar-refractivity contribution is 5.57. The van der Waals surface area contributed by atoms with Crippen LogP contribution in [0.25, 0.3) is 0 Å². The fourth-order valence-electron chi connectivity index (χ4n) is 9.39. The SMILES string of the molecule is CC12C=CC(C3CCC4=C(C3)N(C3(C)C=CC=CC3)C3C=CC=CC43)=CC1N(c1ccccc1)C1CCC=CC12. The van der Waals surface area contributed by atoms with Crippen molar-refractivity contribution in [2.45, 2.75) is 76.0 Å². The van der Waals surface area contributed by atoms with Gasteiger partial charge in [-0.15, -0.1) is 0 Å². The highest BCUT2D eigenvalue weighted by Gasteiger charge is 2.55. The Kier molecular flexibility index (Phi) is 5.60. The van der Waals surface area contributed by atoms with Crippen LogP contribution in [0.3, 0.4) is 0 Å². The van der Waals surface area contributed by atoms with Crippen LogP contribution in [0.2, 0.25) is 0 Å². The molecule has 40 heavy (non-hydrogen) atoms. The first-order valence-corrected chi connectivity index (χ1v) is 15.7. The second kappa shape index (κ2) is 9.13. The molecule has 8 atom stereocenters. The number of fused-ring (bicyclic) bond motifs is 5. The molecule has 5 aliphatic carbocycles. The molecule has 0 spiro atoms. The van der Waals surface area contributed by atoms with Crippen LogP contribution in [0.4, 0.5) is 5.69 Å². The minimum atomic E-state index is 0.0408. The van der Waals surface area contributed by atoms with Gasteiger partial charge in [-0.25, -0.2) is 0 Å². The van der Waals surface area contributed by atoms with E-state index in [4.69, 9.17) is 0 Å². The van der Waals surface area contributed by atoms with Crippen LogP contribution in [-0.2, 0) is 0 Å². The van der Waals surface area contributed by atoms with E-state index in [1.807, 2.05) is 0 Å². The van der Waals surface area contributed by atoms with Gasteiger partial charge in [0, 0.05) is 34.7 Å². The summed E-state index contributed by atoms with van der Waals surface area (Å²) in [6.45, 7) is 4.97. The molecule has 1 aromatic carbocycles. The van der Waals surface area contributed by atoms with Gasteiger partial charge in [0.05, 0.1) is 17.6 Å². The van der Waals surface area contributed by atoms with Crippen LogP contribution >= 0.6 is 0 Å². The molecular formula is C38H42N2. The summed E-state index contributed by atoms with van der Waals surface area (Å²) in [5.74, 6) is 1.69. The third kappa shape index (κ3) is 3.54. The number of benzene rings is 1. The average Bonchev–Trinajstić information content (AvgIpc) is 3.47. The zero-order valence-corrected chi connectivity index (χ0v) is 24.0. The Balaban J connectivity index is 1.15. The number of anilines is 1. The molecule has 1 aromatic rings. The van der Waals surface area contributed by atoms with Crippen molar-refractivity contribution >= 4 is 5.69 Å². The summed E-state index contributed by atoms with van der Waals surface area (Å²) in [4.78, 5) is 5.61. The molecule has 0 N–H and O–H groups in total. The Labute approximate surface area is 240 Å². The largest absolute Gasteiger partial charge is 0.361 e. The van der Waals surface area contributed by atoms with Gasteiger partial charge in [0.25, 0.3) is 0 Å². The van der Waals surface area contributed by atoms with E-state index < -0.39 is 0 Å². The van der Waals surface area contributed by atoms with Crippen LogP contribution < -0.4 is 4.90 Å². The number of rotatable bonds is 3. The minimum Gasteiger partial charge on any atom is -0.361 e. The first kappa shape index (κ1) is 24.5. The lowest BCUT2D eigenvalue weighted by Gasteiger charge is -2.46. The van der Waals surface area contributed by atoms with Gasteiger partial charge in [-0.3, -0.25) is 0 Å². The summed E-state index contributed by atoms with van der Waals surface area (Å²) < 4.78 is 0. The van der Waals surface area contributed by atoms with E-state index in [1.54, 1.807) is 16.8 Å². The summed E-state index contributed by atoms with van der Waals surface area (Å²) in [7, 11) is 0. The third-order valence-corrected chi connectivity index (χ3v) is 11.4. The summed E-state index contributed by atoms with van der Waals surface area (Å²) in [5.41, 5.74) is 6.48. The summed E-state index contributed by atoms with van der Waals surface area (Å²) in [5, 5.41) is 0. The first-order chi connectivity index (χ1) is 19.6. The molecule has 8 rings (SSSR count). The Bertz CT molecular complexity index is 1430. The average molecular weight is 527 g/mol. The second-order valence-electron chi connectivity index (χ2n) is 13.6. The van der Waals surface area contributed by atoms with Crippen molar-refractivity contribution in [2.75, 3.05) is 4.90 Å². The molecule has 0 bridgehead atoms. The van der Waals surface area contributed by atoms with Crippen LogP contribution in [0.15, 0.2) is 126 Å². The summed E-state index contributed by atoms with van der Waals surface area (Å²) in [6.07, 6.45) is 38.8. The zero-order valence-electron chi connectivity index (χ0n) is 24.0. The van der Waals surface area contributed by atoms with Gasteiger partial charge in [-0.1, -0.05) is 104 Å². The van der Waals surface area contributed by atoms with Gasteiger partial charge in [0.2, 0.25) is 0 Å². The minimum absolute atomic E-state index is 0.0408. The van der Waals surface area contributed by atoms with Crippen molar-refractivity contribution in [1.82, 2.24) is 4.90 Å². The van der Waals surface area contributed by atoms with E-state index in [-0.39, 0.29) is 11.0 Å². The third-order valence-electron chi connectivity index (χ3n) is 11.4. The molecule has 204 valence electrons. The molecule has 1 saturated heterocycles. The predicted octanol–water partition coefficient (Wildman–Crippen LogP) is 8.47. The van der Waals surface area contributed by atoms with Crippen LogP contribution in [0, 0.1) is 23.2 Å². The lowest BCUT2D eigenvalue weighted by molar-refractivity contribution is 0.157. The predicted molar refractivity (Wildman–Crippen MR) is 167 cm³/mol. The number of para-hydroxylation sites is 1. The molecule has 0 amide bonds. The van der Waals surface area contributed by atoms with E-state index >= 15 is 0 Å². The number of allylic oxidation sites excluding steroid dienone is 8. The second-order valence-corrected chi connectivity index (χ2v) is 13.6. The van der Waals surface area contributed by atoms with Crippen molar-refractivity contribution in [2.24, 2.45) is 23.2 Å². The molecule has 1 fully saturated rings. The van der Waals surface area contributed by atoms with Gasteiger partial charge in [0.1, 0.15) is 0 Å². The van der Waals surface area contributed by atoms with Crippen LogP contribution in [0.1, 0.15) is 52.4 Å². The first-order valence-electron chi connectivity index (χ1n) is 15.7. The maximum absolute atomic E-state index is 2.82. The zero-order chi connectivity index (χ0) is 26.9. The highest BCUT2D eigenvalue weighted by Crippen LogP contribution is 2.56. The van der Waals surface area contributed by atoms with E-state index in [2.05, 4.69) is 133 Å². The van der Waals surface area contributed by atoms with Gasteiger partial charge in [0.15, 0.2) is 0 Å². The monoisotopic (exact) mass is 526 g/mol. The van der Waals surface area contributed by atoms with E-state index in [9.17, 15) is 0 Å². The number of hydrogen-bond acceptors (Lipinski definition) is 2. The fraction of sp³-hybridized carbons (Fsp3) is 0.421. The van der Waals surface area contributed by atoms with Crippen molar-refractivity contribution < 1.29 is 0 Å². The topological polar surface area (TPSA) is 6.48 Å². The van der Waals surface area contributed by atoms with Crippen molar-refractivity contribution in [3.8, 4) is 0 Å². The van der Waals surface area contributed by atoms with Crippen molar-refractivity contribution in [3.05, 3.63) is 126 Å². The van der Waals surface area contributed by atoms with Crippen LogP contribution in [-0.4, -0.2) is 28.6 Å². The highest BCUT2D eigenvalue weighted by atomic mass is 15.3. The summed E-state index contributed by atoms with van der Waals surface area (Å²) >= 11 is 0. The molecule has 0 radical (unpaired) electrons. The molecule has 2 heterocycles. The van der Waals surface area contributed by atoms with Gasteiger partial charge in [-0.05, 0) is 74.6 Å². The van der Waals surface area contributed by atoms with E-state index in [0.717, 1.165) is 12.8 Å². The number of hydrogen-bond donors (Lipinski definition) is 0. The van der Waals surface area contributed by atoms with Gasteiger partial charge >= 0.3 is 0 Å². The Morgan fingerprint density at radius 2 is 1.75 bits per heavy atom. The molecule has 8 unspecified atom stereocenters. The lowest BCUT2D eigenvalue weighted by Crippen LogP contribution is -2.49. The maximum atomic E-state index is 2.82. The van der Waals surface area contributed by atoms with E-state index in [0.29, 0.717) is 35.9 Å². The normalized spacial score (nSPS) is 40.7. The van der Waals surface area contributed by atoms with Gasteiger partial charge < -0.3 is 9.80 Å². The molecular weight excluding hydrogens is 484 g/mol. The lowest BCUT2D eigenvalue weighted by atomic mass is 9.67. The Morgan fingerprint density at radius 3 is 2.60 bits per heavy atom. The molecule has 2 heteroatoms. The van der Waals surface area contributed by atoms with Crippen molar-refractivity contribution in [3.63, 3.8) is 0 Å². The van der Waals surface area contributed by atoms with Gasteiger partial charge in [-0.2, -0.15) is 0 Å². The standard InChI is InChI=1S/C38H42N2/c1-37(22-11-4-12-23-37)40-33-17-9-7-15-30(33)31-20-19-27(25-35(31)40)28-21-24-38(2)32-16-8-10-18-34(32)39(36(38)26-28)29-13-5-3-6-14-29/h3-9,11-17,21-22,24,26-27,30,32-34,36H,10,18-20,23,25H2,1-2H3. The Morgan fingerprint density at radius 1 is 0.875 bits per heavy atom. The van der Waals surface area contributed by atoms with Crippen LogP contribution in [0.5, 0.6) is 0 Å². The quantitative estimate of drug-likeness (QED) is 0.365. The molecule has 0 aromatic heterocycles. The fourth-order valence-corrected chi connectivity index (χ4v) is 9.39. The molecule has 0 saturated carbocycles. The van der Waals surface area contributed by atoms with Crippen molar-refractivity contribution in [1.29, 1.82) is 0 Å². The molecule has 2 nitrogen and oxygen atoms in total. The molecule has 7 aliphatic rings. The maximum Gasteiger partial charge on any atom is 0.0597 e. The smallest absolute Gasteiger partial charge is 0.0597 e. The summed E-state index contributed by atoms with van der Waals surface area (Å²) in [6, 6.07) is 12.7. The Hall–Kier alpha value is -3.26.